The van der Waals surface area contributed by atoms with E-state index in [-0.39, 0.29) is 11.8 Å². The second kappa shape index (κ2) is 9.12. The van der Waals surface area contributed by atoms with Crippen molar-refractivity contribution in [3.63, 3.8) is 0 Å². The van der Waals surface area contributed by atoms with Crippen molar-refractivity contribution < 1.29 is 17.9 Å². The fraction of sp³-hybridized carbons (Fsp3) is 0.269. The standard InChI is InChI=1S/C26H27N3O4S/c1-19-17-28(14-15-29(19)34(30,31)18-20-8-4-3-5-9-20)26-22-16-21(32-2)12-13-24(22)33-25-11-7-6-10-23(25)27-26/h3-13,16,19H,14-15,17-18H2,1-2H3. The van der Waals surface area contributed by atoms with Gasteiger partial charge in [0.25, 0.3) is 0 Å². The number of ether oxygens (including phenoxy) is 2. The van der Waals surface area contributed by atoms with Crippen LogP contribution in [0.3, 0.4) is 0 Å². The first-order valence-electron chi connectivity index (χ1n) is 11.3. The molecule has 176 valence electrons. The maximum atomic E-state index is 13.2. The minimum Gasteiger partial charge on any atom is -0.497 e. The van der Waals surface area contributed by atoms with Crippen LogP contribution in [-0.4, -0.2) is 56.2 Å². The Labute approximate surface area is 200 Å². The van der Waals surface area contributed by atoms with E-state index in [0.717, 1.165) is 22.6 Å². The van der Waals surface area contributed by atoms with Crippen LogP contribution < -0.4 is 9.47 Å². The van der Waals surface area contributed by atoms with Crippen LogP contribution in [0.15, 0.2) is 77.8 Å². The highest BCUT2D eigenvalue weighted by molar-refractivity contribution is 7.88. The van der Waals surface area contributed by atoms with Gasteiger partial charge in [0.15, 0.2) is 5.75 Å². The van der Waals surface area contributed by atoms with Gasteiger partial charge in [-0.25, -0.2) is 13.4 Å². The van der Waals surface area contributed by atoms with Gasteiger partial charge in [0.05, 0.1) is 18.4 Å². The number of hydrogen-bond acceptors (Lipinski definition) is 6. The van der Waals surface area contributed by atoms with Crippen LogP contribution in [0.2, 0.25) is 0 Å². The van der Waals surface area contributed by atoms with Gasteiger partial charge in [-0.05, 0) is 42.8 Å². The lowest BCUT2D eigenvalue weighted by molar-refractivity contribution is 0.205. The molecule has 2 heterocycles. The first-order chi connectivity index (χ1) is 16.4. The minimum atomic E-state index is -3.44. The summed E-state index contributed by atoms with van der Waals surface area (Å²) in [4.78, 5) is 7.10. The molecule has 2 aliphatic rings. The van der Waals surface area contributed by atoms with Gasteiger partial charge in [-0.15, -0.1) is 0 Å². The Morgan fingerprint density at radius 3 is 2.53 bits per heavy atom. The monoisotopic (exact) mass is 477 g/mol. The Hall–Kier alpha value is -3.36. The maximum absolute atomic E-state index is 13.2. The number of aliphatic imine (C=N–C) groups is 1. The Bertz CT molecular complexity index is 1320. The highest BCUT2D eigenvalue weighted by Gasteiger charge is 2.35. The minimum absolute atomic E-state index is 0.000371. The molecule has 0 radical (unpaired) electrons. The van der Waals surface area contributed by atoms with Crippen molar-refractivity contribution in [2.24, 2.45) is 4.99 Å². The van der Waals surface area contributed by atoms with Crippen molar-refractivity contribution in [3.8, 4) is 17.2 Å². The molecule has 0 spiro atoms. The third-order valence-electron chi connectivity index (χ3n) is 6.15. The Kier molecular flexibility index (Phi) is 6.02. The van der Waals surface area contributed by atoms with Crippen molar-refractivity contribution >= 4 is 21.5 Å². The first kappa shape index (κ1) is 22.4. The lowest BCUT2D eigenvalue weighted by Gasteiger charge is -2.40. The number of fused-ring (bicyclic) bond motifs is 2. The quantitative estimate of drug-likeness (QED) is 0.557. The largest absolute Gasteiger partial charge is 0.497 e. The SMILES string of the molecule is COc1ccc2c(c1)C(N1CCN(S(=O)(=O)Cc3ccccc3)C(C)C1)=Nc1ccccc1O2. The smallest absolute Gasteiger partial charge is 0.218 e. The van der Waals surface area contributed by atoms with Gasteiger partial charge in [0.2, 0.25) is 10.0 Å². The molecule has 0 amide bonds. The molecule has 3 aromatic carbocycles. The third-order valence-corrected chi connectivity index (χ3v) is 8.11. The average molecular weight is 478 g/mol. The van der Waals surface area contributed by atoms with E-state index in [1.54, 1.807) is 11.4 Å². The third kappa shape index (κ3) is 4.38. The Morgan fingerprint density at radius 2 is 1.76 bits per heavy atom. The summed E-state index contributed by atoms with van der Waals surface area (Å²) in [6, 6.07) is 22.4. The molecule has 7 nitrogen and oxygen atoms in total. The molecule has 0 saturated carbocycles. The zero-order valence-electron chi connectivity index (χ0n) is 19.2. The highest BCUT2D eigenvalue weighted by atomic mass is 32.2. The van der Waals surface area contributed by atoms with E-state index in [1.807, 2.05) is 79.7 Å². The van der Waals surface area contributed by atoms with Gasteiger partial charge in [-0.1, -0.05) is 42.5 Å². The van der Waals surface area contributed by atoms with Gasteiger partial charge < -0.3 is 14.4 Å². The fourth-order valence-corrected chi connectivity index (χ4v) is 6.24. The van der Waals surface area contributed by atoms with Crippen LogP contribution in [0.1, 0.15) is 18.1 Å². The number of piperazine rings is 1. The molecule has 0 aliphatic carbocycles. The van der Waals surface area contributed by atoms with Gasteiger partial charge in [0.1, 0.15) is 23.0 Å². The van der Waals surface area contributed by atoms with Crippen LogP contribution in [0.5, 0.6) is 17.2 Å². The molecule has 1 unspecified atom stereocenters. The summed E-state index contributed by atoms with van der Waals surface area (Å²) in [5.74, 6) is 2.83. The number of nitrogens with zero attached hydrogens (tertiary/aromatic N) is 3. The van der Waals surface area contributed by atoms with E-state index in [4.69, 9.17) is 14.5 Å². The van der Waals surface area contributed by atoms with E-state index in [1.165, 1.54) is 0 Å². The van der Waals surface area contributed by atoms with Crippen LogP contribution in [0, 0.1) is 0 Å². The fourth-order valence-electron chi connectivity index (χ4n) is 4.48. The van der Waals surface area contributed by atoms with E-state index < -0.39 is 10.0 Å². The average Bonchev–Trinajstić information content (AvgIpc) is 3.00. The van der Waals surface area contributed by atoms with E-state index in [9.17, 15) is 8.42 Å². The molecule has 1 atom stereocenters. The molecule has 3 aromatic rings. The summed E-state index contributed by atoms with van der Waals surface area (Å²) in [5, 5.41) is 0. The zero-order chi connectivity index (χ0) is 23.7. The van der Waals surface area contributed by atoms with Crippen molar-refractivity contribution in [1.29, 1.82) is 0 Å². The van der Waals surface area contributed by atoms with E-state index in [2.05, 4.69) is 4.90 Å². The number of amidine groups is 1. The Morgan fingerprint density at radius 1 is 1.00 bits per heavy atom. The van der Waals surface area contributed by atoms with Crippen molar-refractivity contribution in [2.75, 3.05) is 26.7 Å². The molecule has 0 bridgehead atoms. The number of sulfonamides is 1. The summed E-state index contributed by atoms with van der Waals surface area (Å²) in [6.45, 7) is 3.38. The molecule has 0 aromatic heterocycles. The maximum Gasteiger partial charge on any atom is 0.218 e. The molecule has 1 saturated heterocycles. The molecule has 5 rings (SSSR count). The van der Waals surface area contributed by atoms with Crippen molar-refractivity contribution in [3.05, 3.63) is 83.9 Å². The molecular formula is C26H27N3O4S. The lowest BCUT2D eigenvalue weighted by atomic mass is 10.1. The predicted octanol–water partition coefficient (Wildman–Crippen LogP) is 4.42. The lowest BCUT2D eigenvalue weighted by Crippen LogP contribution is -2.55. The number of methoxy groups -OCH3 is 1. The van der Waals surface area contributed by atoms with Gasteiger partial charge in [-0.3, -0.25) is 0 Å². The van der Waals surface area contributed by atoms with Gasteiger partial charge in [0, 0.05) is 25.7 Å². The topological polar surface area (TPSA) is 71.4 Å². The molecule has 0 N–H and O–H groups in total. The van der Waals surface area contributed by atoms with Crippen LogP contribution in [-0.2, 0) is 15.8 Å². The first-order valence-corrected chi connectivity index (χ1v) is 12.9. The molecule has 8 heteroatoms. The molecule has 1 fully saturated rings. The number of benzene rings is 3. The van der Waals surface area contributed by atoms with Gasteiger partial charge >= 0.3 is 0 Å². The molecular weight excluding hydrogens is 450 g/mol. The number of para-hydroxylation sites is 2. The number of rotatable bonds is 4. The second-order valence-corrected chi connectivity index (χ2v) is 10.4. The van der Waals surface area contributed by atoms with Crippen LogP contribution >= 0.6 is 0 Å². The highest BCUT2D eigenvalue weighted by Crippen LogP contribution is 2.39. The predicted molar refractivity (Wildman–Crippen MR) is 133 cm³/mol. The normalized spacial score (nSPS) is 18.2. The van der Waals surface area contributed by atoms with E-state index >= 15 is 0 Å². The zero-order valence-corrected chi connectivity index (χ0v) is 20.0. The molecule has 2 aliphatic heterocycles. The number of hydrogen-bond donors (Lipinski definition) is 0. The molecule has 34 heavy (non-hydrogen) atoms. The van der Waals surface area contributed by atoms with Crippen molar-refractivity contribution in [2.45, 2.75) is 18.7 Å². The van der Waals surface area contributed by atoms with E-state index in [0.29, 0.717) is 36.9 Å². The second-order valence-electron chi connectivity index (χ2n) is 8.51. The summed E-state index contributed by atoms with van der Waals surface area (Å²) in [6.07, 6.45) is 0. The van der Waals surface area contributed by atoms with Crippen molar-refractivity contribution in [1.82, 2.24) is 9.21 Å². The van der Waals surface area contributed by atoms with Crippen LogP contribution in [0.4, 0.5) is 5.69 Å². The Balaban J connectivity index is 1.45. The van der Waals surface area contributed by atoms with Gasteiger partial charge in [-0.2, -0.15) is 4.31 Å². The summed E-state index contributed by atoms with van der Waals surface area (Å²) in [5.41, 5.74) is 2.35. The van der Waals surface area contributed by atoms with Crippen LogP contribution in [0.25, 0.3) is 0 Å². The summed E-state index contributed by atoms with van der Waals surface area (Å²) < 4.78 is 39.6. The summed E-state index contributed by atoms with van der Waals surface area (Å²) >= 11 is 0. The summed E-state index contributed by atoms with van der Waals surface area (Å²) in [7, 11) is -1.82.